The van der Waals surface area contributed by atoms with E-state index in [1.807, 2.05) is 0 Å². The van der Waals surface area contributed by atoms with Gasteiger partial charge in [0.25, 0.3) is 5.56 Å². The number of nitrogens with one attached hydrogen (secondary N) is 1. The van der Waals surface area contributed by atoms with Gasteiger partial charge in [-0.15, -0.1) is 0 Å². The number of nitrogens with zero attached hydrogens (tertiary/aromatic N) is 1. The van der Waals surface area contributed by atoms with Gasteiger partial charge in [0.05, 0.1) is 6.33 Å². The minimum absolute atomic E-state index is 0.185. The van der Waals surface area contributed by atoms with Crippen LogP contribution in [-0.4, -0.2) is 20.8 Å². The van der Waals surface area contributed by atoms with Gasteiger partial charge in [-0.25, -0.2) is 4.98 Å². The molecule has 0 spiro atoms. The smallest absolute Gasteiger partial charge is 0.261 e. The van der Waals surface area contributed by atoms with E-state index >= 15 is 0 Å². The molecule has 0 amide bonds. The largest absolute Gasteiger partial charge is 0.493 e. The van der Waals surface area contributed by atoms with E-state index in [0.717, 1.165) is 12.7 Å². The molecule has 1 heterocycles. The van der Waals surface area contributed by atoms with E-state index in [9.17, 15) is 9.90 Å². The Morgan fingerprint density at radius 3 is 3.08 bits per heavy atom. The average molecular weight is 198 g/mol. The lowest BCUT2D eigenvalue weighted by Gasteiger charge is -1.94. The molecule has 0 aliphatic heterocycles. The minimum Gasteiger partial charge on any atom is -0.493 e. The van der Waals surface area contributed by atoms with E-state index in [1.165, 1.54) is 6.08 Å². The van der Waals surface area contributed by atoms with E-state index in [2.05, 4.69) is 22.6 Å². The minimum atomic E-state index is -0.345. The van der Waals surface area contributed by atoms with E-state index in [-0.39, 0.29) is 17.0 Å². The first-order chi connectivity index (χ1) is 6.25. The number of hydrogen-bond donors (Lipinski definition) is 3. The highest BCUT2D eigenvalue weighted by atomic mass is 32.1. The second kappa shape index (κ2) is 4.71. The molecule has 0 atom stereocenters. The predicted octanol–water partition coefficient (Wildman–Crippen LogP) is 0.809. The first-order valence-electron chi connectivity index (χ1n) is 3.79. The van der Waals surface area contributed by atoms with E-state index in [4.69, 9.17) is 0 Å². The van der Waals surface area contributed by atoms with Crippen molar-refractivity contribution >= 4 is 18.7 Å². The molecule has 1 rings (SSSR count). The Hall–Kier alpha value is -1.23. The van der Waals surface area contributed by atoms with Crippen LogP contribution in [0.1, 0.15) is 12.0 Å². The Balaban J connectivity index is 2.94. The van der Waals surface area contributed by atoms with Crippen molar-refractivity contribution < 1.29 is 5.11 Å². The summed E-state index contributed by atoms with van der Waals surface area (Å²) < 4.78 is 0. The standard InChI is InChI=1S/C8H10N2O2S/c11-7-6(3-1-2-4-13)8(12)10-5-9-7/h1,3,5,13H,2,4H2,(H2,9,10,11,12). The van der Waals surface area contributed by atoms with Crippen LogP contribution >= 0.6 is 12.6 Å². The molecule has 0 aliphatic carbocycles. The molecule has 0 aromatic carbocycles. The molecule has 0 radical (unpaired) electrons. The molecule has 0 saturated heterocycles. The Labute approximate surface area is 80.8 Å². The fourth-order valence-corrected chi connectivity index (χ4v) is 0.976. The molecule has 5 heteroatoms. The molecule has 0 bridgehead atoms. The molecule has 70 valence electrons. The quantitative estimate of drug-likeness (QED) is 0.630. The topological polar surface area (TPSA) is 66.0 Å². The third-order valence-electron chi connectivity index (χ3n) is 1.45. The molecule has 1 aromatic rings. The highest BCUT2D eigenvalue weighted by molar-refractivity contribution is 7.80. The number of aromatic amines is 1. The fourth-order valence-electron chi connectivity index (χ4n) is 0.827. The summed E-state index contributed by atoms with van der Waals surface area (Å²) >= 11 is 4.00. The van der Waals surface area contributed by atoms with E-state index in [1.54, 1.807) is 6.08 Å². The highest BCUT2D eigenvalue weighted by Gasteiger charge is 2.01. The van der Waals surface area contributed by atoms with Gasteiger partial charge >= 0.3 is 0 Å². The summed E-state index contributed by atoms with van der Waals surface area (Å²) in [5.74, 6) is 0.453. The monoisotopic (exact) mass is 198 g/mol. The molecule has 1 aromatic heterocycles. The summed E-state index contributed by atoms with van der Waals surface area (Å²) in [5, 5.41) is 9.19. The maximum absolute atomic E-state index is 11.1. The van der Waals surface area contributed by atoms with Crippen LogP contribution in [0.4, 0.5) is 0 Å². The van der Waals surface area contributed by atoms with Crippen LogP contribution in [0.15, 0.2) is 17.2 Å². The normalized spacial score (nSPS) is 10.8. The fraction of sp³-hybridized carbons (Fsp3) is 0.250. The number of allylic oxidation sites excluding steroid dienone is 1. The number of hydrogen-bond acceptors (Lipinski definition) is 4. The summed E-state index contributed by atoms with van der Waals surface area (Å²) in [6, 6.07) is 0. The van der Waals surface area contributed by atoms with Gasteiger partial charge in [-0.1, -0.05) is 6.08 Å². The zero-order valence-corrected chi connectivity index (χ0v) is 7.79. The lowest BCUT2D eigenvalue weighted by Crippen LogP contribution is -2.09. The number of thiol groups is 1. The van der Waals surface area contributed by atoms with Crippen molar-refractivity contribution in [2.75, 3.05) is 5.75 Å². The van der Waals surface area contributed by atoms with Gasteiger partial charge < -0.3 is 10.1 Å². The zero-order valence-electron chi connectivity index (χ0n) is 6.90. The number of H-pyrrole nitrogens is 1. The molecule has 4 nitrogen and oxygen atoms in total. The van der Waals surface area contributed by atoms with Crippen LogP contribution in [0.2, 0.25) is 0 Å². The summed E-state index contributed by atoms with van der Waals surface area (Å²) in [6.07, 6.45) is 5.21. The van der Waals surface area contributed by atoms with Crippen LogP contribution in [0.25, 0.3) is 6.08 Å². The summed E-state index contributed by atoms with van der Waals surface area (Å²) in [4.78, 5) is 17.0. The third kappa shape index (κ3) is 2.62. The van der Waals surface area contributed by atoms with Gasteiger partial charge in [0, 0.05) is 0 Å². The molecule has 13 heavy (non-hydrogen) atoms. The summed E-state index contributed by atoms with van der Waals surface area (Å²) in [6.45, 7) is 0. The lowest BCUT2D eigenvalue weighted by molar-refractivity contribution is 0.449. The van der Waals surface area contributed by atoms with Crippen LogP contribution < -0.4 is 5.56 Å². The summed E-state index contributed by atoms with van der Waals surface area (Å²) in [7, 11) is 0. The van der Waals surface area contributed by atoms with Crippen LogP contribution in [0.3, 0.4) is 0 Å². The van der Waals surface area contributed by atoms with Crippen molar-refractivity contribution in [3.63, 3.8) is 0 Å². The number of aromatic nitrogens is 2. The molecule has 0 saturated carbocycles. The average Bonchev–Trinajstić information content (AvgIpc) is 2.10. The molecule has 0 fully saturated rings. The predicted molar refractivity (Wildman–Crippen MR) is 54.0 cm³/mol. The van der Waals surface area contributed by atoms with Gasteiger partial charge in [0.2, 0.25) is 5.88 Å². The van der Waals surface area contributed by atoms with E-state index in [0.29, 0.717) is 5.75 Å². The van der Waals surface area contributed by atoms with E-state index < -0.39 is 0 Å². The molecular formula is C8H10N2O2S. The molecular weight excluding hydrogens is 188 g/mol. The SMILES string of the molecule is O=c1[nH]cnc(O)c1C=CCCS. The Morgan fingerprint density at radius 2 is 2.46 bits per heavy atom. The van der Waals surface area contributed by atoms with Crippen LogP contribution in [0.5, 0.6) is 5.88 Å². The number of rotatable bonds is 3. The molecule has 0 unspecified atom stereocenters. The van der Waals surface area contributed by atoms with Crippen LogP contribution in [0, 0.1) is 0 Å². The number of aromatic hydroxyl groups is 1. The van der Waals surface area contributed by atoms with Gasteiger partial charge in [-0.2, -0.15) is 12.6 Å². The molecule has 2 N–H and O–H groups in total. The maximum Gasteiger partial charge on any atom is 0.261 e. The van der Waals surface area contributed by atoms with Gasteiger partial charge in [0.15, 0.2) is 0 Å². The third-order valence-corrected chi connectivity index (χ3v) is 1.71. The van der Waals surface area contributed by atoms with Crippen LogP contribution in [-0.2, 0) is 0 Å². The zero-order chi connectivity index (χ0) is 9.68. The van der Waals surface area contributed by atoms with Gasteiger partial charge in [-0.3, -0.25) is 4.79 Å². The first kappa shape index (κ1) is 9.85. The summed E-state index contributed by atoms with van der Waals surface area (Å²) in [5.41, 5.74) is -0.160. The van der Waals surface area contributed by atoms with Crippen molar-refractivity contribution in [2.24, 2.45) is 0 Å². The Kier molecular flexibility index (Phi) is 3.57. The Bertz CT molecular complexity index is 359. The van der Waals surface area contributed by atoms with Crippen molar-refractivity contribution in [2.45, 2.75) is 6.42 Å². The van der Waals surface area contributed by atoms with Crippen molar-refractivity contribution in [1.29, 1.82) is 0 Å². The van der Waals surface area contributed by atoms with Crippen molar-refractivity contribution in [3.05, 3.63) is 28.3 Å². The molecule has 0 aliphatic rings. The highest BCUT2D eigenvalue weighted by Crippen LogP contribution is 2.08. The lowest BCUT2D eigenvalue weighted by atomic mass is 10.2. The second-order valence-electron chi connectivity index (χ2n) is 2.38. The van der Waals surface area contributed by atoms with Crippen molar-refractivity contribution in [1.82, 2.24) is 9.97 Å². The maximum atomic E-state index is 11.1. The first-order valence-corrected chi connectivity index (χ1v) is 4.43. The van der Waals surface area contributed by atoms with Gasteiger partial charge in [0.1, 0.15) is 5.56 Å². The second-order valence-corrected chi connectivity index (χ2v) is 2.83. The Morgan fingerprint density at radius 1 is 1.69 bits per heavy atom. The van der Waals surface area contributed by atoms with Gasteiger partial charge in [-0.05, 0) is 18.2 Å². The van der Waals surface area contributed by atoms with Crippen molar-refractivity contribution in [3.8, 4) is 5.88 Å².